The number of aryl methyl sites for hydroxylation is 1. The van der Waals surface area contributed by atoms with Crippen molar-refractivity contribution >= 4 is 33.5 Å². The highest BCUT2D eigenvalue weighted by Crippen LogP contribution is 2.16. The van der Waals surface area contributed by atoms with Crippen molar-refractivity contribution < 1.29 is 19.1 Å². The quantitative estimate of drug-likeness (QED) is 0.762. The zero-order valence-corrected chi connectivity index (χ0v) is 15.0. The normalized spacial score (nSPS) is 11.5. The van der Waals surface area contributed by atoms with Crippen molar-refractivity contribution in [2.45, 2.75) is 20.0 Å². The number of carbonyl (C=O) groups is 2. The summed E-state index contributed by atoms with van der Waals surface area (Å²) in [6.07, 6.45) is -0.911. The number of rotatable bonds is 6. The first-order valence-electron chi connectivity index (χ1n) is 7.40. The lowest BCUT2D eigenvalue weighted by Crippen LogP contribution is -2.31. The third-order valence-electron chi connectivity index (χ3n) is 3.25. The van der Waals surface area contributed by atoms with Gasteiger partial charge in [-0.3, -0.25) is 4.79 Å². The summed E-state index contributed by atoms with van der Waals surface area (Å²) >= 11 is 3.31. The van der Waals surface area contributed by atoms with Crippen LogP contribution in [-0.2, 0) is 14.3 Å². The van der Waals surface area contributed by atoms with Crippen molar-refractivity contribution in [3.8, 4) is 5.75 Å². The molecule has 0 spiro atoms. The Balaban J connectivity index is 1.81. The van der Waals surface area contributed by atoms with Gasteiger partial charge in [0.25, 0.3) is 5.91 Å². The van der Waals surface area contributed by atoms with Gasteiger partial charge >= 0.3 is 5.97 Å². The average molecular weight is 392 g/mol. The molecule has 2 aromatic carbocycles. The number of hydrogen-bond acceptors (Lipinski definition) is 4. The Labute approximate surface area is 149 Å². The number of carbonyl (C=O) groups excluding carboxylic acids is 2. The lowest BCUT2D eigenvalue weighted by atomic mass is 10.2. The Hall–Kier alpha value is -2.34. The molecule has 0 saturated carbocycles. The van der Waals surface area contributed by atoms with Gasteiger partial charge in [-0.15, -0.1) is 0 Å². The van der Waals surface area contributed by atoms with Crippen LogP contribution in [0.1, 0.15) is 12.5 Å². The van der Waals surface area contributed by atoms with E-state index in [1.807, 2.05) is 25.1 Å². The highest BCUT2D eigenvalue weighted by Gasteiger charge is 2.18. The van der Waals surface area contributed by atoms with Crippen molar-refractivity contribution in [3.63, 3.8) is 0 Å². The Morgan fingerprint density at radius 2 is 1.79 bits per heavy atom. The lowest BCUT2D eigenvalue weighted by Gasteiger charge is -2.15. The van der Waals surface area contributed by atoms with Crippen molar-refractivity contribution in [2.24, 2.45) is 0 Å². The highest BCUT2D eigenvalue weighted by atomic mass is 79.9. The van der Waals surface area contributed by atoms with Crippen LogP contribution in [0.2, 0.25) is 0 Å². The molecule has 1 amide bonds. The highest BCUT2D eigenvalue weighted by molar-refractivity contribution is 9.10. The molecule has 0 fully saturated rings. The van der Waals surface area contributed by atoms with Crippen LogP contribution in [0.3, 0.4) is 0 Å². The molecule has 0 aliphatic carbocycles. The monoisotopic (exact) mass is 391 g/mol. The van der Waals surface area contributed by atoms with Gasteiger partial charge in [-0.1, -0.05) is 34.1 Å². The molecule has 2 aromatic rings. The molecule has 2 rings (SSSR count). The topological polar surface area (TPSA) is 64.6 Å². The van der Waals surface area contributed by atoms with E-state index >= 15 is 0 Å². The van der Waals surface area contributed by atoms with Crippen LogP contribution in [-0.4, -0.2) is 24.6 Å². The number of benzene rings is 2. The summed E-state index contributed by atoms with van der Waals surface area (Å²) in [5.41, 5.74) is 1.62. The third-order valence-corrected chi connectivity index (χ3v) is 3.78. The fourth-order valence-corrected chi connectivity index (χ4v) is 2.17. The molecule has 0 aromatic heterocycles. The van der Waals surface area contributed by atoms with Gasteiger partial charge in [0, 0.05) is 10.2 Å². The van der Waals surface area contributed by atoms with Gasteiger partial charge in [0.2, 0.25) is 0 Å². The number of ether oxygens (including phenoxy) is 2. The fourth-order valence-electron chi connectivity index (χ4n) is 1.91. The van der Waals surface area contributed by atoms with Crippen LogP contribution in [0, 0.1) is 6.92 Å². The van der Waals surface area contributed by atoms with E-state index < -0.39 is 12.1 Å². The smallest absolute Gasteiger partial charge is 0.344 e. The molecule has 0 aliphatic heterocycles. The molecule has 0 radical (unpaired) electrons. The second-order valence-corrected chi connectivity index (χ2v) is 6.09. The number of anilines is 1. The van der Waals surface area contributed by atoms with Gasteiger partial charge in [0.05, 0.1) is 0 Å². The number of amides is 1. The summed E-state index contributed by atoms with van der Waals surface area (Å²) in [5.74, 6) is -0.446. The van der Waals surface area contributed by atoms with Gasteiger partial charge < -0.3 is 14.8 Å². The van der Waals surface area contributed by atoms with Crippen LogP contribution < -0.4 is 10.1 Å². The van der Waals surface area contributed by atoms with E-state index in [4.69, 9.17) is 9.47 Å². The molecule has 24 heavy (non-hydrogen) atoms. The van der Waals surface area contributed by atoms with Crippen molar-refractivity contribution in [1.82, 2.24) is 0 Å². The molecule has 1 unspecified atom stereocenters. The Bertz CT molecular complexity index is 715. The van der Waals surface area contributed by atoms with E-state index in [1.165, 1.54) is 6.92 Å². The van der Waals surface area contributed by atoms with E-state index in [2.05, 4.69) is 21.2 Å². The van der Waals surface area contributed by atoms with E-state index in [0.29, 0.717) is 11.4 Å². The number of para-hydroxylation sites is 1. The predicted molar refractivity (Wildman–Crippen MR) is 95.0 cm³/mol. The van der Waals surface area contributed by atoms with E-state index in [0.717, 1.165) is 10.0 Å². The van der Waals surface area contributed by atoms with Gasteiger partial charge in [-0.2, -0.15) is 0 Å². The molecule has 0 heterocycles. The van der Waals surface area contributed by atoms with Crippen molar-refractivity contribution in [1.29, 1.82) is 0 Å². The summed E-state index contributed by atoms with van der Waals surface area (Å²) in [6.45, 7) is 3.15. The van der Waals surface area contributed by atoms with Gasteiger partial charge in [-0.05, 0) is 49.7 Å². The number of esters is 1. The summed E-state index contributed by atoms with van der Waals surface area (Å²) in [4.78, 5) is 23.9. The zero-order chi connectivity index (χ0) is 17.5. The lowest BCUT2D eigenvalue weighted by molar-refractivity contribution is -0.155. The molecular weight excluding hydrogens is 374 g/mol. The fraction of sp³-hybridized carbons (Fsp3) is 0.222. The van der Waals surface area contributed by atoms with Gasteiger partial charge in [0.15, 0.2) is 12.7 Å². The van der Waals surface area contributed by atoms with Crippen LogP contribution in [0.4, 0.5) is 5.69 Å². The molecule has 1 N–H and O–H groups in total. The van der Waals surface area contributed by atoms with E-state index in [-0.39, 0.29) is 12.5 Å². The van der Waals surface area contributed by atoms with Gasteiger partial charge in [0.1, 0.15) is 5.75 Å². The Morgan fingerprint density at radius 3 is 2.46 bits per heavy atom. The second-order valence-electron chi connectivity index (χ2n) is 5.18. The van der Waals surface area contributed by atoms with Crippen molar-refractivity contribution in [2.75, 3.05) is 11.9 Å². The molecule has 0 saturated heterocycles. The minimum atomic E-state index is -0.911. The predicted octanol–water partition coefficient (Wildman–Crippen LogP) is 3.71. The molecule has 126 valence electrons. The molecule has 5 nitrogen and oxygen atoms in total. The van der Waals surface area contributed by atoms with Crippen LogP contribution in [0.15, 0.2) is 53.0 Å². The first-order chi connectivity index (χ1) is 11.5. The minimum absolute atomic E-state index is 0.260. The second kappa shape index (κ2) is 8.49. The van der Waals surface area contributed by atoms with Crippen molar-refractivity contribution in [3.05, 3.63) is 58.6 Å². The van der Waals surface area contributed by atoms with Crippen LogP contribution >= 0.6 is 15.9 Å². The summed E-state index contributed by atoms with van der Waals surface area (Å²) in [5, 5.41) is 2.73. The van der Waals surface area contributed by atoms with E-state index in [1.54, 1.807) is 30.3 Å². The first kappa shape index (κ1) is 18.0. The molecule has 6 heteroatoms. The molecule has 0 bridgehead atoms. The minimum Gasteiger partial charge on any atom is -0.482 e. The average Bonchev–Trinajstić information content (AvgIpc) is 2.56. The van der Waals surface area contributed by atoms with Gasteiger partial charge in [-0.25, -0.2) is 4.79 Å². The molecule has 1 atom stereocenters. The summed E-state index contributed by atoms with van der Waals surface area (Å²) in [7, 11) is 0. The standard InChI is InChI=1S/C18H18BrNO4/c1-12-5-3-4-6-16(12)20-18(22)13(2)24-17(21)11-23-15-9-7-14(19)8-10-15/h3-10,13H,11H2,1-2H3,(H,20,22). The molecule has 0 aliphatic rings. The largest absolute Gasteiger partial charge is 0.482 e. The Kier molecular flexibility index (Phi) is 6.37. The third kappa shape index (κ3) is 5.38. The summed E-state index contributed by atoms with van der Waals surface area (Å²) < 4.78 is 11.3. The van der Waals surface area contributed by atoms with E-state index in [9.17, 15) is 9.59 Å². The number of nitrogens with one attached hydrogen (secondary N) is 1. The number of hydrogen-bond donors (Lipinski definition) is 1. The maximum Gasteiger partial charge on any atom is 0.344 e. The van der Waals surface area contributed by atoms with Crippen LogP contribution in [0.5, 0.6) is 5.75 Å². The molecular formula is C18H18BrNO4. The Morgan fingerprint density at radius 1 is 1.12 bits per heavy atom. The summed E-state index contributed by atoms with van der Waals surface area (Å²) in [6, 6.07) is 14.4. The zero-order valence-electron chi connectivity index (χ0n) is 13.4. The van der Waals surface area contributed by atoms with Crippen LogP contribution in [0.25, 0.3) is 0 Å². The maximum atomic E-state index is 12.1. The maximum absolute atomic E-state index is 12.1. The first-order valence-corrected chi connectivity index (χ1v) is 8.19. The number of halogens is 1. The SMILES string of the molecule is Cc1ccccc1NC(=O)C(C)OC(=O)COc1ccc(Br)cc1.